The van der Waals surface area contributed by atoms with E-state index in [1.54, 1.807) is 19.1 Å². The van der Waals surface area contributed by atoms with Gasteiger partial charge in [0.2, 0.25) is 10.0 Å². The Bertz CT molecular complexity index is 969. The summed E-state index contributed by atoms with van der Waals surface area (Å²) >= 11 is 0. The van der Waals surface area contributed by atoms with Crippen LogP contribution in [0.5, 0.6) is 0 Å². The van der Waals surface area contributed by atoms with Crippen LogP contribution in [0.1, 0.15) is 38.2 Å². The molecule has 2 N–H and O–H groups in total. The van der Waals surface area contributed by atoms with Crippen LogP contribution in [0.4, 0.5) is 4.39 Å². The van der Waals surface area contributed by atoms with E-state index in [1.165, 1.54) is 24.3 Å². The van der Waals surface area contributed by atoms with E-state index in [4.69, 9.17) is 5.26 Å². The van der Waals surface area contributed by atoms with Gasteiger partial charge in [-0.25, -0.2) is 17.5 Å². The first-order valence-corrected chi connectivity index (χ1v) is 10.2. The molecule has 1 aliphatic carbocycles. The fourth-order valence-corrected chi connectivity index (χ4v) is 4.58. The Morgan fingerprint density at radius 3 is 2.37 bits per heavy atom. The first-order valence-electron chi connectivity index (χ1n) is 8.75. The lowest BCUT2D eigenvalue weighted by molar-refractivity contribution is 0.0163. The second-order valence-corrected chi connectivity index (χ2v) is 8.94. The molecule has 0 aromatic heterocycles. The summed E-state index contributed by atoms with van der Waals surface area (Å²) in [7, 11) is -3.69. The topological polar surface area (TPSA) is 90.2 Å². The zero-order valence-electron chi connectivity index (χ0n) is 14.9. The summed E-state index contributed by atoms with van der Waals surface area (Å²) in [5.41, 5.74) is 0.338. The molecule has 0 heterocycles. The van der Waals surface area contributed by atoms with E-state index in [0.717, 1.165) is 6.07 Å². The molecule has 0 unspecified atom stereocenters. The molecule has 1 fully saturated rings. The number of nitriles is 1. The molecule has 7 heteroatoms. The van der Waals surface area contributed by atoms with Crippen molar-refractivity contribution < 1.29 is 17.9 Å². The van der Waals surface area contributed by atoms with Gasteiger partial charge in [0.25, 0.3) is 0 Å². The van der Waals surface area contributed by atoms with E-state index >= 15 is 0 Å². The van der Waals surface area contributed by atoms with Crippen LogP contribution in [-0.2, 0) is 10.0 Å². The van der Waals surface area contributed by atoms with Crippen LogP contribution in [-0.4, -0.2) is 25.2 Å². The fourth-order valence-electron chi connectivity index (χ4n) is 3.28. The SMILES string of the molecule is C[C@]1(O)CC[C@@H](NS(=O)(=O)c2ccc(-c3ccc(C#N)cc3F)cc2)CC1. The Morgan fingerprint density at radius 1 is 1.19 bits per heavy atom. The van der Waals surface area contributed by atoms with Crippen LogP contribution in [0, 0.1) is 17.1 Å². The predicted octanol–water partition coefficient (Wildman–Crippen LogP) is 3.34. The Hall–Kier alpha value is -2.27. The lowest BCUT2D eigenvalue weighted by Crippen LogP contribution is -2.42. The lowest BCUT2D eigenvalue weighted by atomic mass is 9.84. The standard InChI is InChI=1S/C20H21FN2O3S/c1-20(24)10-8-16(9-11-20)23-27(25,26)17-5-3-15(4-6-17)18-7-2-14(13-22)12-19(18)21/h2-7,12,16,23-24H,8-11H2,1H3/t16-,20+. The zero-order chi connectivity index (χ0) is 19.7. The number of hydrogen-bond donors (Lipinski definition) is 2. The van der Waals surface area contributed by atoms with Crippen LogP contribution in [0.3, 0.4) is 0 Å². The highest BCUT2D eigenvalue weighted by Crippen LogP contribution is 2.29. The molecule has 142 valence electrons. The largest absolute Gasteiger partial charge is 0.390 e. The zero-order valence-corrected chi connectivity index (χ0v) is 15.8. The highest BCUT2D eigenvalue weighted by Gasteiger charge is 2.31. The monoisotopic (exact) mass is 388 g/mol. The Balaban J connectivity index is 1.76. The van der Waals surface area contributed by atoms with Gasteiger partial charge in [-0.3, -0.25) is 0 Å². The quantitative estimate of drug-likeness (QED) is 0.841. The van der Waals surface area contributed by atoms with Gasteiger partial charge >= 0.3 is 0 Å². The van der Waals surface area contributed by atoms with Crippen molar-refractivity contribution in [3.63, 3.8) is 0 Å². The third-order valence-corrected chi connectivity index (χ3v) is 6.49. The minimum atomic E-state index is -3.69. The number of benzene rings is 2. The second-order valence-electron chi connectivity index (χ2n) is 7.22. The Morgan fingerprint density at radius 2 is 1.81 bits per heavy atom. The van der Waals surface area contributed by atoms with Crippen LogP contribution >= 0.6 is 0 Å². The molecule has 5 nitrogen and oxygen atoms in total. The van der Waals surface area contributed by atoms with E-state index in [0.29, 0.717) is 36.8 Å². The van der Waals surface area contributed by atoms with Gasteiger partial charge in [0.1, 0.15) is 5.82 Å². The van der Waals surface area contributed by atoms with E-state index in [-0.39, 0.29) is 16.5 Å². The molecule has 0 atom stereocenters. The third-order valence-electron chi connectivity index (χ3n) is 4.96. The van der Waals surface area contributed by atoms with Crippen molar-refractivity contribution in [1.82, 2.24) is 4.72 Å². The predicted molar refractivity (Wildman–Crippen MR) is 99.8 cm³/mol. The number of nitrogens with one attached hydrogen (secondary N) is 1. The molecule has 2 aromatic carbocycles. The van der Waals surface area contributed by atoms with Crippen molar-refractivity contribution in [2.45, 2.75) is 49.1 Å². The van der Waals surface area contributed by atoms with E-state index in [2.05, 4.69) is 4.72 Å². The average Bonchev–Trinajstić information content (AvgIpc) is 2.63. The smallest absolute Gasteiger partial charge is 0.240 e. The molecule has 3 rings (SSSR count). The average molecular weight is 388 g/mol. The van der Waals surface area contributed by atoms with E-state index < -0.39 is 21.4 Å². The number of rotatable bonds is 4. The van der Waals surface area contributed by atoms with Crippen LogP contribution in [0.15, 0.2) is 47.4 Å². The molecule has 1 aliphatic rings. The fraction of sp³-hybridized carbons (Fsp3) is 0.350. The minimum absolute atomic E-state index is 0.109. The summed E-state index contributed by atoms with van der Waals surface area (Å²) < 4.78 is 42.0. The number of sulfonamides is 1. The van der Waals surface area contributed by atoms with Crippen LogP contribution in [0.2, 0.25) is 0 Å². The second kappa shape index (κ2) is 7.39. The third kappa shape index (κ3) is 4.53. The van der Waals surface area contributed by atoms with Gasteiger partial charge in [-0.15, -0.1) is 0 Å². The molecule has 0 radical (unpaired) electrons. The van der Waals surface area contributed by atoms with Gasteiger partial charge in [0.05, 0.1) is 22.1 Å². The molecule has 0 amide bonds. The van der Waals surface area contributed by atoms with Gasteiger partial charge in [0, 0.05) is 11.6 Å². The summed E-state index contributed by atoms with van der Waals surface area (Å²) in [5, 5.41) is 18.8. The highest BCUT2D eigenvalue weighted by molar-refractivity contribution is 7.89. The Kier molecular flexibility index (Phi) is 5.33. The Labute approximate surface area is 158 Å². The number of nitrogens with zero attached hydrogens (tertiary/aromatic N) is 1. The summed E-state index contributed by atoms with van der Waals surface area (Å²) in [6.45, 7) is 1.76. The number of halogens is 1. The van der Waals surface area contributed by atoms with Crippen molar-refractivity contribution in [2.24, 2.45) is 0 Å². The summed E-state index contributed by atoms with van der Waals surface area (Å²) in [6, 6.07) is 11.8. The maximum Gasteiger partial charge on any atom is 0.240 e. The van der Waals surface area contributed by atoms with Crippen LogP contribution < -0.4 is 4.72 Å². The van der Waals surface area contributed by atoms with Crippen molar-refractivity contribution >= 4 is 10.0 Å². The first kappa shape index (κ1) is 19.5. The molecule has 27 heavy (non-hydrogen) atoms. The van der Waals surface area contributed by atoms with Gasteiger partial charge in [-0.05, 0) is 62.4 Å². The maximum absolute atomic E-state index is 14.1. The molecular weight excluding hydrogens is 367 g/mol. The van der Waals surface area contributed by atoms with Crippen LogP contribution in [0.25, 0.3) is 11.1 Å². The van der Waals surface area contributed by atoms with Crippen molar-refractivity contribution in [3.05, 3.63) is 53.8 Å². The van der Waals surface area contributed by atoms with Crippen molar-refractivity contribution in [1.29, 1.82) is 5.26 Å². The molecular formula is C20H21FN2O3S. The molecule has 0 saturated heterocycles. The molecule has 0 spiro atoms. The van der Waals surface area contributed by atoms with Gasteiger partial charge in [-0.2, -0.15) is 5.26 Å². The summed E-state index contributed by atoms with van der Waals surface area (Å²) in [5.74, 6) is -0.531. The minimum Gasteiger partial charge on any atom is -0.390 e. The van der Waals surface area contributed by atoms with E-state index in [9.17, 15) is 17.9 Å². The molecule has 0 bridgehead atoms. The molecule has 0 aliphatic heterocycles. The normalized spacial score (nSPS) is 23.0. The van der Waals surface area contributed by atoms with Gasteiger partial charge in [0.15, 0.2) is 0 Å². The van der Waals surface area contributed by atoms with Crippen molar-refractivity contribution in [2.75, 3.05) is 0 Å². The number of aliphatic hydroxyl groups is 1. The van der Waals surface area contributed by atoms with E-state index in [1.807, 2.05) is 6.07 Å². The molecule has 1 saturated carbocycles. The molecule has 2 aromatic rings. The maximum atomic E-state index is 14.1. The lowest BCUT2D eigenvalue weighted by Gasteiger charge is -2.33. The summed E-state index contributed by atoms with van der Waals surface area (Å²) in [4.78, 5) is 0.109. The summed E-state index contributed by atoms with van der Waals surface area (Å²) in [6.07, 6.45) is 2.27. The highest BCUT2D eigenvalue weighted by atomic mass is 32.2. The van der Waals surface area contributed by atoms with Crippen molar-refractivity contribution in [3.8, 4) is 17.2 Å². The number of hydrogen-bond acceptors (Lipinski definition) is 4. The first-order chi connectivity index (χ1) is 12.7. The van der Waals surface area contributed by atoms with Gasteiger partial charge < -0.3 is 5.11 Å². The van der Waals surface area contributed by atoms with Gasteiger partial charge in [-0.1, -0.05) is 18.2 Å².